The number of methoxy groups -OCH3 is 1. The van der Waals surface area contributed by atoms with E-state index in [1.807, 2.05) is 42.5 Å². The highest BCUT2D eigenvalue weighted by atomic mass is 16.5. The number of anilines is 2. The molecule has 1 aliphatic rings. The number of piperidine rings is 1. The van der Waals surface area contributed by atoms with Crippen molar-refractivity contribution in [3.05, 3.63) is 66.5 Å². The fraction of sp³-hybridized carbons (Fsp3) is 0.320. The predicted molar refractivity (Wildman–Crippen MR) is 123 cm³/mol. The van der Waals surface area contributed by atoms with Crippen LogP contribution in [0.2, 0.25) is 0 Å². The second-order valence-corrected chi connectivity index (χ2v) is 7.79. The van der Waals surface area contributed by atoms with E-state index in [-0.39, 0.29) is 11.8 Å². The topological polar surface area (TPSA) is 67.4 Å². The van der Waals surface area contributed by atoms with E-state index in [0.717, 1.165) is 60.9 Å². The van der Waals surface area contributed by atoms with Crippen LogP contribution in [0.5, 0.6) is 5.75 Å². The van der Waals surface area contributed by atoms with Gasteiger partial charge in [0.25, 0.3) is 0 Å². The summed E-state index contributed by atoms with van der Waals surface area (Å²) in [6.45, 7) is 3.72. The van der Waals surface area contributed by atoms with Crippen LogP contribution in [0.4, 0.5) is 11.5 Å². The lowest BCUT2D eigenvalue weighted by molar-refractivity contribution is -0.120. The number of rotatable bonds is 6. The molecule has 0 spiro atoms. The first-order chi connectivity index (χ1) is 15.2. The molecule has 1 saturated heterocycles. The molecule has 31 heavy (non-hydrogen) atoms. The summed E-state index contributed by atoms with van der Waals surface area (Å²) >= 11 is 0. The molecule has 1 fully saturated rings. The maximum atomic E-state index is 12.7. The predicted octanol–water partition coefficient (Wildman–Crippen LogP) is 4.57. The van der Waals surface area contributed by atoms with E-state index in [0.29, 0.717) is 0 Å². The normalized spacial score (nSPS) is 14.3. The van der Waals surface area contributed by atoms with Crippen molar-refractivity contribution >= 4 is 17.4 Å². The summed E-state index contributed by atoms with van der Waals surface area (Å²) in [4.78, 5) is 23.8. The Morgan fingerprint density at radius 3 is 2.42 bits per heavy atom. The molecule has 3 aromatic rings. The number of aryl methyl sites for hydroxylation is 1. The third-order valence-electron chi connectivity index (χ3n) is 5.86. The lowest BCUT2D eigenvalue weighted by Gasteiger charge is -2.32. The van der Waals surface area contributed by atoms with E-state index in [2.05, 4.69) is 39.2 Å². The van der Waals surface area contributed by atoms with Crippen molar-refractivity contribution in [3.8, 4) is 17.0 Å². The fourth-order valence-electron chi connectivity index (χ4n) is 3.88. The van der Waals surface area contributed by atoms with E-state index in [1.54, 1.807) is 13.4 Å². The highest BCUT2D eigenvalue weighted by molar-refractivity contribution is 5.92. The quantitative estimate of drug-likeness (QED) is 0.638. The Morgan fingerprint density at radius 2 is 1.77 bits per heavy atom. The number of nitrogens with one attached hydrogen (secondary N) is 1. The fourth-order valence-corrected chi connectivity index (χ4v) is 3.88. The zero-order valence-corrected chi connectivity index (χ0v) is 18.0. The molecule has 6 nitrogen and oxygen atoms in total. The second kappa shape index (κ2) is 9.60. The van der Waals surface area contributed by atoms with Crippen molar-refractivity contribution in [1.29, 1.82) is 0 Å². The molecule has 4 rings (SSSR count). The molecule has 2 aromatic carbocycles. The average molecular weight is 417 g/mol. The summed E-state index contributed by atoms with van der Waals surface area (Å²) in [5, 5.41) is 3.06. The Kier molecular flexibility index (Phi) is 6.46. The van der Waals surface area contributed by atoms with E-state index in [9.17, 15) is 4.79 Å². The Hall–Kier alpha value is -3.41. The van der Waals surface area contributed by atoms with Crippen molar-refractivity contribution in [2.24, 2.45) is 5.92 Å². The number of hydrogen-bond acceptors (Lipinski definition) is 5. The van der Waals surface area contributed by atoms with Gasteiger partial charge in [-0.25, -0.2) is 9.97 Å². The molecule has 160 valence electrons. The van der Waals surface area contributed by atoms with Crippen molar-refractivity contribution < 1.29 is 9.53 Å². The molecule has 0 atom stereocenters. The summed E-state index contributed by atoms with van der Waals surface area (Å²) in [6, 6.07) is 17.9. The molecule has 0 aliphatic carbocycles. The van der Waals surface area contributed by atoms with E-state index in [4.69, 9.17) is 4.74 Å². The summed E-state index contributed by atoms with van der Waals surface area (Å²) < 4.78 is 5.23. The third-order valence-corrected chi connectivity index (χ3v) is 5.86. The Labute approximate surface area is 183 Å². The zero-order valence-electron chi connectivity index (χ0n) is 18.0. The monoisotopic (exact) mass is 416 g/mol. The van der Waals surface area contributed by atoms with E-state index < -0.39 is 0 Å². The van der Waals surface area contributed by atoms with Gasteiger partial charge in [-0.3, -0.25) is 4.79 Å². The molecule has 1 aliphatic heterocycles. The van der Waals surface area contributed by atoms with Crippen LogP contribution in [0, 0.1) is 5.92 Å². The Bertz CT molecular complexity index is 1010. The first-order valence-electron chi connectivity index (χ1n) is 10.8. The van der Waals surface area contributed by atoms with Gasteiger partial charge in [0.1, 0.15) is 17.9 Å². The molecule has 6 heteroatoms. The number of nitrogens with zero attached hydrogens (tertiary/aromatic N) is 3. The molecule has 1 N–H and O–H groups in total. The van der Waals surface area contributed by atoms with Gasteiger partial charge in [-0.2, -0.15) is 0 Å². The molecular formula is C25H28N4O2. The van der Waals surface area contributed by atoms with Gasteiger partial charge in [-0.1, -0.05) is 19.1 Å². The average Bonchev–Trinajstić information content (AvgIpc) is 2.85. The van der Waals surface area contributed by atoms with Gasteiger partial charge in [-0.05, 0) is 61.2 Å². The van der Waals surface area contributed by atoms with Crippen LogP contribution in [0.15, 0.2) is 60.9 Å². The molecular weight excluding hydrogens is 388 g/mol. The highest BCUT2D eigenvalue weighted by Gasteiger charge is 2.26. The van der Waals surface area contributed by atoms with Crippen LogP contribution in [0.3, 0.4) is 0 Å². The molecule has 0 bridgehead atoms. The Morgan fingerprint density at radius 1 is 1.06 bits per heavy atom. The Balaban J connectivity index is 1.36. The minimum Gasteiger partial charge on any atom is -0.497 e. The van der Waals surface area contributed by atoms with Crippen LogP contribution in [0.25, 0.3) is 11.3 Å². The van der Waals surface area contributed by atoms with Gasteiger partial charge in [-0.15, -0.1) is 0 Å². The number of benzene rings is 2. The largest absolute Gasteiger partial charge is 0.497 e. The number of carbonyl (C=O) groups excluding carboxylic acids is 1. The van der Waals surface area contributed by atoms with Gasteiger partial charge >= 0.3 is 0 Å². The maximum absolute atomic E-state index is 12.7. The zero-order chi connectivity index (χ0) is 21.6. The highest BCUT2D eigenvalue weighted by Crippen LogP contribution is 2.27. The standard InChI is InChI=1S/C25H28N4O2/c1-3-18-4-8-21(9-5-18)28-25(30)20-12-14-29(15-13-20)24-16-23(26-17-27-24)19-6-10-22(31-2)11-7-19/h4-11,16-17,20H,3,12-15H2,1-2H3,(H,28,30). The maximum Gasteiger partial charge on any atom is 0.227 e. The number of aromatic nitrogens is 2. The van der Waals surface area contributed by atoms with Gasteiger partial charge < -0.3 is 15.0 Å². The summed E-state index contributed by atoms with van der Waals surface area (Å²) in [5.41, 5.74) is 4.03. The number of amides is 1. The summed E-state index contributed by atoms with van der Waals surface area (Å²) in [7, 11) is 1.66. The lowest BCUT2D eigenvalue weighted by atomic mass is 9.95. The van der Waals surface area contributed by atoms with E-state index >= 15 is 0 Å². The van der Waals surface area contributed by atoms with Crippen molar-refractivity contribution in [1.82, 2.24) is 9.97 Å². The molecule has 0 radical (unpaired) electrons. The van der Waals surface area contributed by atoms with Gasteiger partial charge in [0, 0.05) is 36.3 Å². The van der Waals surface area contributed by atoms with E-state index in [1.165, 1.54) is 5.56 Å². The summed E-state index contributed by atoms with van der Waals surface area (Å²) in [5.74, 6) is 1.84. The van der Waals surface area contributed by atoms with Crippen LogP contribution < -0.4 is 15.0 Å². The van der Waals surface area contributed by atoms with Crippen LogP contribution in [-0.4, -0.2) is 36.1 Å². The van der Waals surface area contributed by atoms with Crippen LogP contribution >= 0.6 is 0 Å². The molecule has 0 unspecified atom stereocenters. The van der Waals surface area contributed by atoms with Crippen molar-refractivity contribution in [2.45, 2.75) is 26.2 Å². The summed E-state index contributed by atoms with van der Waals surface area (Å²) in [6.07, 6.45) is 4.21. The SMILES string of the molecule is CCc1ccc(NC(=O)C2CCN(c3cc(-c4ccc(OC)cc4)ncn3)CC2)cc1. The first-order valence-corrected chi connectivity index (χ1v) is 10.8. The number of hydrogen-bond donors (Lipinski definition) is 1. The lowest BCUT2D eigenvalue weighted by Crippen LogP contribution is -2.38. The van der Waals surface area contributed by atoms with Gasteiger partial charge in [0.2, 0.25) is 5.91 Å². The van der Waals surface area contributed by atoms with Gasteiger partial charge in [0.15, 0.2) is 0 Å². The second-order valence-electron chi connectivity index (χ2n) is 7.79. The minimum absolute atomic E-state index is 0.0185. The van der Waals surface area contributed by atoms with Gasteiger partial charge in [0.05, 0.1) is 12.8 Å². The van der Waals surface area contributed by atoms with Crippen LogP contribution in [0.1, 0.15) is 25.3 Å². The number of ether oxygens (including phenoxy) is 1. The van der Waals surface area contributed by atoms with Crippen molar-refractivity contribution in [2.75, 3.05) is 30.4 Å². The molecule has 1 aromatic heterocycles. The van der Waals surface area contributed by atoms with Crippen molar-refractivity contribution in [3.63, 3.8) is 0 Å². The van der Waals surface area contributed by atoms with Crippen LogP contribution in [-0.2, 0) is 11.2 Å². The molecule has 0 saturated carbocycles. The first kappa shape index (κ1) is 20.8. The third kappa shape index (κ3) is 5.02. The smallest absolute Gasteiger partial charge is 0.227 e. The number of carbonyl (C=O) groups is 1. The molecule has 1 amide bonds. The minimum atomic E-state index is 0.0185. The molecule has 2 heterocycles.